The standard InChI is InChI=1S/C16H17BrN4O/c1-2-15(20-14-5-3-4-13(17)10-14)16(22)21-19-11-12-6-8-18-9-7-12/h3-11,15,20H,2H2,1H3,(H,21,22)/b19-11+. The Hall–Kier alpha value is -2.21. The van der Waals surface area contributed by atoms with Gasteiger partial charge in [0.1, 0.15) is 6.04 Å². The Kier molecular flexibility index (Phi) is 6.09. The van der Waals surface area contributed by atoms with Crippen molar-refractivity contribution in [3.8, 4) is 0 Å². The van der Waals surface area contributed by atoms with Crippen molar-refractivity contribution in [2.45, 2.75) is 19.4 Å². The number of rotatable bonds is 6. The molecule has 22 heavy (non-hydrogen) atoms. The molecule has 1 heterocycles. The first-order valence-corrected chi connectivity index (χ1v) is 7.73. The number of carbonyl (C=O) groups is 1. The van der Waals surface area contributed by atoms with Crippen LogP contribution in [0.5, 0.6) is 0 Å². The van der Waals surface area contributed by atoms with E-state index in [1.165, 1.54) is 0 Å². The quantitative estimate of drug-likeness (QED) is 0.614. The molecule has 0 bridgehead atoms. The highest BCUT2D eigenvalue weighted by Crippen LogP contribution is 2.17. The molecule has 1 aromatic heterocycles. The number of halogens is 1. The fourth-order valence-corrected chi connectivity index (χ4v) is 2.23. The van der Waals surface area contributed by atoms with E-state index in [1.807, 2.05) is 43.3 Å². The van der Waals surface area contributed by atoms with Crippen LogP contribution in [0.3, 0.4) is 0 Å². The number of hydrogen-bond acceptors (Lipinski definition) is 4. The zero-order chi connectivity index (χ0) is 15.8. The van der Waals surface area contributed by atoms with Gasteiger partial charge in [0, 0.05) is 22.6 Å². The van der Waals surface area contributed by atoms with Gasteiger partial charge in [-0.2, -0.15) is 5.10 Å². The number of nitrogens with zero attached hydrogens (tertiary/aromatic N) is 2. The number of hydrazone groups is 1. The molecule has 6 heteroatoms. The van der Waals surface area contributed by atoms with E-state index in [0.717, 1.165) is 15.7 Å². The lowest BCUT2D eigenvalue weighted by Crippen LogP contribution is -2.36. The molecule has 0 aliphatic rings. The van der Waals surface area contributed by atoms with Crippen molar-refractivity contribution in [3.05, 3.63) is 58.8 Å². The molecule has 0 aliphatic carbocycles. The topological polar surface area (TPSA) is 66.4 Å². The van der Waals surface area contributed by atoms with Gasteiger partial charge in [0.15, 0.2) is 0 Å². The second kappa shape index (κ2) is 8.29. The Balaban J connectivity index is 1.93. The third kappa shape index (κ3) is 4.96. The van der Waals surface area contributed by atoms with Crippen molar-refractivity contribution in [1.29, 1.82) is 0 Å². The summed E-state index contributed by atoms with van der Waals surface area (Å²) >= 11 is 3.41. The van der Waals surface area contributed by atoms with Crippen molar-refractivity contribution in [2.75, 3.05) is 5.32 Å². The van der Waals surface area contributed by atoms with Gasteiger partial charge in [-0.3, -0.25) is 9.78 Å². The highest BCUT2D eigenvalue weighted by Gasteiger charge is 2.15. The van der Waals surface area contributed by atoms with Crippen LogP contribution in [-0.4, -0.2) is 23.1 Å². The summed E-state index contributed by atoms with van der Waals surface area (Å²) < 4.78 is 0.962. The van der Waals surface area contributed by atoms with Crippen molar-refractivity contribution in [1.82, 2.24) is 10.4 Å². The monoisotopic (exact) mass is 360 g/mol. The molecule has 0 radical (unpaired) electrons. The fraction of sp³-hybridized carbons (Fsp3) is 0.188. The molecule has 0 saturated heterocycles. The van der Waals surface area contributed by atoms with E-state index < -0.39 is 0 Å². The van der Waals surface area contributed by atoms with E-state index >= 15 is 0 Å². The number of aromatic nitrogens is 1. The van der Waals surface area contributed by atoms with Crippen LogP contribution in [0.1, 0.15) is 18.9 Å². The summed E-state index contributed by atoms with van der Waals surface area (Å²) in [6, 6.07) is 11.0. The van der Waals surface area contributed by atoms with E-state index in [1.54, 1.807) is 18.6 Å². The number of hydrogen-bond donors (Lipinski definition) is 2. The molecule has 0 saturated carbocycles. The van der Waals surface area contributed by atoms with Crippen molar-refractivity contribution >= 4 is 33.7 Å². The van der Waals surface area contributed by atoms with E-state index in [2.05, 4.69) is 36.8 Å². The normalized spacial score (nSPS) is 12.1. The van der Waals surface area contributed by atoms with Crippen LogP contribution in [-0.2, 0) is 4.79 Å². The summed E-state index contributed by atoms with van der Waals surface area (Å²) in [6.07, 6.45) is 5.59. The fourth-order valence-electron chi connectivity index (χ4n) is 1.83. The minimum Gasteiger partial charge on any atom is -0.374 e. The molecule has 114 valence electrons. The summed E-state index contributed by atoms with van der Waals surface area (Å²) in [4.78, 5) is 16.1. The van der Waals surface area contributed by atoms with E-state index in [4.69, 9.17) is 0 Å². The minimum absolute atomic E-state index is 0.173. The highest BCUT2D eigenvalue weighted by molar-refractivity contribution is 9.10. The SMILES string of the molecule is CCC(Nc1cccc(Br)c1)C(=O)N/N=C/c1ccncc1. The van der Waals surface area contributed by atoms with Crippen molar-refractivity contribution < 1.29 is 4.79 Å². The van der Waals surface area contributed by atoms with Crippen LogP contribution >= 0.6 is 15.9 Å². The average molecular weight is 361 g/mol. The average Bonchev–Trinajstić information content (AvgIpc) is 2.53. The summed E-state index contributed by atoms with van der Waals surface area (Å²) in [5, 5.41) is 7.16. The molecule has 0 aliphatic heterocycles. The Morgan fingerprint density at radius 1 is 1.36 bits per heavy atom. The lowest BCUT2D eigenvalue weighted by Gasteiger charge is -2.16. The maximum Gasteiger partial charge on any atom is 0.262 e. The molecular formula is C16H17BrN4O. The van der Waals surface area contributed by atoms with E-state index in [-0.39, 0.29) is 11.9 Å². The third-order valence-electron chi connectivity index (χ3n) is 2.98. The van der Waals surface area contributed by atoms with E-state index in [0.29, 0.717) is 6.42 Å². The predicted octanol–water partition coefficient (Wildman–Crippen LogP) is 3.18. The molecule has 1 unspecified atom stereocenters. The second-order valence-corrected chi connectivity index (χ2v) is 5.55. The molecule has 5 nitrogen and oxygen atoms in total. The van der Waals surface area contributed by atoms with Gasteiger partial charge in [0.05, 0.1) is 6.21 Å². The number of benzene rings is 1. The van der Waals surface area contributed by atoms with Gasteiger partial charge in [-0.1, -0.05) is 28.9 Å². The highest BCUT2D eigenvalue weighted by atomic mass is 79.9. The van der Waals surface area contributed by atoms with Crippen LogP contribution in [0.15, 0.2) is 58.4 Å². The van der Waals surface area contributed by atoms with Crippen molar-refractivity contribution in [3.63, 3.8) is 0 Å². The molecule has 0 fully saturated rings. The Bertz CT molecular complexity index is 646. The van der Waals surface area contributed by atoms with Gasteiger partial charge >= 0.3 is 0 Å². The summed E-state index contributed by atoms with van der Waals surface area (Å²) in [7, 11) is 0. The number of amides is 1. The summed E-state index contributed by atoms with van der Waals surface area (Å²) in [5.41, 5.74) is 4.31. The van der Waals surface area contributed by atoms with Crippen molar-refractivity contribution in [2.24, 2.45) is 5.10 Å². The van der Waals surface area contributed by atoms with Crippen LogP contribution in [0.25, 0.3) is 0 Å². The number of nitrogens with one attached hydrogen (secondary N) is 2. The van der Waals surface area contributed by atoms with Crippen LogP contribution < -0.4 is 10.7 Å². The summed E-state index contributed by atoms with van der Waals surface area (Å²) in [6.45, 7) is 1.95. The number of carbonyl (C=O) groups excluding carboxylic acids is 1. The van der Waals surface area contributed by atoms with Gasteiger partial charge in [-0.25, -0.2) is 5.43 Å². The zero-order valence-corrected chi connectivity index (χ0v) is 13.7. The number of anilines is 1. The Morgan fingerprint density at radius 2 is 2.14 bits per heavy atom. The lowest BCUT2D eigenvalue weighted by atomic mass is 10.2. The first kappa shape index (κ1) is 16.2. The van der Waals surface area contributed by atoms with Gasteiger partial charge in [-0.15, -0.1) is 0 Å². The first-order chi connectivity index (χ1) is 10.7. The first-order valence-electron chi connectivity index (χ1n) is 6.94. The smallest absolute Gasteiger partial charge is 0.262 e. The zero-order valence-electron chi connectivity index (χ0n) is 12.2. The molecule has 2 N–H and O–H groups in total. The molecule has 2 aromatic rings. The summed E-state index contributed by atoms with van der Waals surface area (Å²) in [5.74, 6) is -0.173. The second-order valence-electron chi connectivity index (χ2n) is 4.63. The molecular weight excluding hydrogens is 344 g/mol. The van der Waals surface area contributed by atoms with Gasteiger partial charge in [-0.05, 0) is 42.3 Å². The van der Waals surface area contributed by atoms with Crippen LogP contribution in [0.2, 0.25) is 0 Å². The van der Waals surface area contributed by atoms with Gasteiger partial charge < -0.3 is 5.32 Å². The maximum atomic E-state index is 12.1. The molecule has 2 rings (SSSR count). The minimum atomic E-state index is -0.344. The largest absolute Gasteiger partial charge is 0.374 e. The van der Waals surface area contributed by atoms with Crippen LogP contribution in [0.4, 0.5) is 5.69 Å². The number of pyridine rings is 1. The lowest BCUT2D eigenvalue weighted by molar-refractivity contribution is -0.121. The predicted molar refractivity (Wildman–Crippen MR) is 91.8 cm³/mol. The molecule has 1 atom stereocenters. The molecule has 1 aromatic carbocycles. The van der Waals surface area contributed by atoms with Gasteiger partial charge in [0.25, 0.3) is 5.91 Å². The Morgan fingerprint density at radius 3 is 2.82 bits per heavy atom. The van der Waals surface area contributed by atoms with Crippen LogP contribution in [0, 0.1) is 0 Å². The third-order valence-corrected chi connectivity index (χ3v) is 3.48. The van der Waals surface area contributed by atoms with E-state index in [9.17, 15) is 4.79 Å². The maximum absolute atomic E-state index is 12.1. The molecule has 0 spiro atoms. The molecule has 1 amide bonds. The Labute approximate surface area is 138 Å². The van der Waals surface area contributed by atoms with Gasteiger partial charge in [0.2, 0.25) is 0 Å².